The predicted molar refractivity (Wildman–Crippen MR) is 129 cm³/mol. The van der Waals surface area contributed by atoms with E-state index in [0.29, 0.717) is 19.4 Å². The Balaban J connectivity index is 4.60. The Kier molecular flexibility index (Phi) is 13.9. The van der Waals surface area contributed by atoms with Crippen molar-refractivity contribution in [2.75, 3.05) is 26.2 Å². The quantitative estimate of drug-likeness (QED) is 0.174. The van der Waals surface area contributed by atoms with Crippen LogP contribution in [0.25, 0.3) is 0 Å². The van der Waals surface area contributed by atoms with Crippen molar-refractivity contribution in [1.29, 1.82) is 0 Å². The molecule has 0 aliphatic heterocycles. The highest BCUT2D eigenvalue weighted by molar-refractivity contribution is 5.92. The van der Waals surface area contributed by atoms with Gasteiger partial charge >= 0.3 is 12.2 Å². The van der Waals surface area contributed by atoms with Gasteiger partial charge in [-0.3, -0.25) is 19.2 Å². The van der Waals surface area contributed by atoms with Crippen LogP contribution in [0.3, 0.4) is 0 Å². The van der Waals surface area contributed by atoms with Crippen LogP contribution in [-0.2, 0) is 28.7 Å². The zero-order valence-electron chi connectivity index (χ0n) is 21.9. The van der Waals surface area contributed by atoms with E-state index >= 15 is 0 Å². The second-order valence-corrected chi connectivity index (χ2v) is 9.86. The van der Waals surface area contributed by atoms with Crippen molar-refractivity contribution < 1.29 is 38.2 Å². The van der Waals surface area contributed by atoms with Gasteiger partial charge in [0, 0.05) is 6.54 Å². The number of nitrogens with one attached hydrogen (secondary N) is 5. The maximum atomic E-state index is 12.4. The lowest BCUT2D eigenvalue weighted by atomic mass is 10.1. The molecule has 0 radical (unpaired) electrons. The predicted octanol–water partition coefficient (Wildman–Crippen LogP) is -0.591. The number of nitrogens with two attached hydrogens (primary N) is 1. The summed E-state index contributed by atoms with van der Waals surface area (Å²) in [6, 6.07) is -1.00. The fourth-order valence-electron chi connectivity index (χ4n) is 2.50. The maximum Gasteiger partial charge on any atom is 0.408 e. The Morgan fingerprint density at radius 3 is 1.75 bits per heavy atom. The number of carbonyl (C=O) groups is 6. The summed E-state index contributed by atoms with van der Waals surface area (Å²) in [5, 5.41) is 12.0. The fraction of sp³-hybridized carbons (Fsp3) is 0.727. The molecule has 1 unspecified atom stereocenters. The molecule has 0 rings (SSSR count). The third-order valence-corrected chi connectivity index (χ3v) is 3.91. The average molecular weight is 517 g/mol. The normalized spacial score (nSPS) is 11.9. The number of hydrogen-bond donors (Lipinski definition) is 6. The molecule has 0 aliphatic carbocycles. The van der Waals surface area contributed by atoms with Crippen LogP contribution in [-0.4, -0.2) is 79.2 Å². The second kappa shape index (κ2) is 15.4. The summed E-state index contributed by atoms with van der Waals surface area (Å²) in [5.74, 6) is -2.68. The van der Waals surface area contributed by atoms with Gasteiger partial charge in [0.05, 0.1) is 13.1 Å². The van der Waals surface area contributed by atoms with E-state index in [2.05, 4.69) is 26.6 Å². The lowest BCUT2D eigenvalue weighted by Gasteiger charge is -2.20. The summed E-state index contributed by atoms with van der Waals surface area (Å²) in [7, 11) is 0. The highest BCUT2D eigenvalue weighted by Gasteiger charge is 2.22. The molecule has 0 spiro atoms. The number of primary amides is 1. The van der Waals surface area contributed by atoms with Gasteiger partial charge in [0.25, 0.3) is 0 Å². The van der Waals surface area contributed by atoms with Gasteiger partial charge in [0.2, 0.25) is 23.6 Å². The van der Waals surface area contributed by atoms with Crippen LogP contribution in [0.5, 0.6) is 0 Å². The summed E-state index contributed by atoms with van der Waals surface area (Å²) in [5.41, 5.74) is 3.69. The largest absolute Gasteiger partial charge is 0.444 e. The molecule has 0 aromatic rings. The average Bonchev–Trinajstić information content (AvgIpc) is 2.70. The van der Waals surface area contributed by atoms with E-state index in [0.717, 1.165) is 0 Å². The molecule has 0 bridgehead atoms. The van der Waals surface area contributed by atoms with Crippen molar-refractivity contribution in [3.05, 3.63) is 0 Å². The number of rotatable bonds is 13. The Bertz CT molecular complexity index is 788. The van der Waals surface area contributed by atoms with Gasteiger partial charge in [-0.1, -0.05) is 0 Å². The Hall–Kier alpha value is -3.58. The van der Waals surface area contributed by atoms with Crippen molar-refractivity contribution in [3.63, 3.8) is 0 Å². The van der Waals surface area contributed by atoms with Crippen LogP contribution in [0, 0.1) is 0 Å². The number of carbonyl (C=O) groups excluding carboxylic acids is 6. The first kappa shape index (κ1) is 32.4. The van der Waals surface area contributed by atoms with Crippen LogP contribution in [0.1, 0.15) is 60.8 Å². The molecule has 206 valence electrons. The second-order valence-electron chi connectivity index (χ2n) is 9.86. The summed E-state index contributed by atoms with van der Waals surface area (Å²) in [4.78, 5) is 70.7. The molecule has 0 aromatic heterocycles. The fourth-order valence-corrected chi connectivity index (χ4v) is 2.50. The summed E-state index contributed by atoms with van der Waals surface area (Å²) in [6.07, 6.45) is -0.225. The molecule has 14 nitrogen and oxygen atoms in total. The number of alkyl carbamates (subject to hydrolysis) is 2. The van der Waals surface area contributed by atoms with Crippen LogP contribution in [0.4, 0.5) is 9.59 Å². The minimum absolute atomic E-state index is 0.195. The van der Waals surface area contributed by atoms with Crippen molar-refractivity contribution >= 4 is 35.8 Å². The molecule has 14 heteroatoms. The summed E-state index contributed by atoms with van der Waals surface area (Å²) < 4.78 is 10.1. The van der Waals surface area contributed by atoms with Gasteiger partial charge in [-0.2, -0.15) is 0 Å². The smallest absolute Gasteiger partial charge is 0.408 e. The van der Waals surface area contributed by atoms with E-state index in [9.17, 15) is 28.8 Å². The van der Waals surface area contributed by atoms with E-state index in [1.54, 1.807) is 41.5 Å². The minimum atomic E-state index is -1.00. The Morgan fingerprint density at radius 1 is 0.694 bits per heavy atom. The van der Waals surface area contributed by atoms with Crippen LogP contribution in [0.2, 0.25) is 0 Å². The lowest BCUT2D eigenvalue weighted by molar-refractivity contribution is -0.130. The molecular formula is C22H40N6O8. The van der Waals surface area contributed by atoms with Gasteiger partial charge in [-0.05, 0) is 60.8 Å². The number of hydrogen-bond acceptors (Lipinski definition) is 8. The molecule has 0 saturated carbocycles. The van der Waals surface area contributed by atoms with Gasteiger partial charge < -0.3 is 41.8 Å². The number of amides is 6. The third kappa shape index (κ3) is 18.8. The SMILES string of the molecule is CC(C)(C)OC(=O)NCCCCC(NC(=O)CNC(=O)CNC(=O)OC(C)(C)C)C(=O)NCC(N)=O. The molecule has 36 heavy (non-hydrogen) atoms. The van der Waals surface area contributed by atoms with E-state index < -0.39 is 72.7 Å². The van der Waals surface area contributed by atoms with E-state index in [1.807, 2.05) is 0 Å². The first-order chi connectivity index (χ1) is 16.5. The van der Waals surface area contributed by atoms with Gasteiger partial charge in [0.1, 0.15) is 23.8 Å². The molecule has 6 amide bonds. The summed E-state index contributed by atoms with van der Waals surface area (Å²) >= 11 is 0. The zero-order valence-corrected chi connectivity index (χ0v) is 21.9. The van der Waals surface area contributed by atoms with Gasteiger partial charge in [-0.25, -0.2) is 9.59 Å². The molecule has 0 aliphatic rings. The monoisotopic (exact) mass is 516 g/mol. The lowest BCUT2D eigenvalue weighted by Crippen LogP contribution is -2.51. The highest BCUT2D eigenvalue weighted by atomic mass is 16.6. The molecule has 0 aromatic carbocycles. The van der Waals surface area contributed by atoms with Gasteiger partial charge in [-0.15, -0.1) is 0 Å². The molecule has 0 fully saturated rings. The molecule has 1 atom stereocenters. The van der Waals surface area contributed by atoms with Crippen molar-refractivity contribution in [3.8, 4) is 0 Å². The first-order valence-corrected chi connectivity index (χ1v) is 11.5. The van der Waals surface area contributed by atoms with E-state index in [1.165, 1.54) is 0 Å². The zero-order chi connectivity index (χ0) is 27.9. The van der Waals surface area contributed by atoms with E-state index in [-0.39, 0.29) is 6.42 Å². The van der Waals surface area contributed by atoms with E-state index in [4.69, 9.17) is 15.2 Å². The molecular weight excluding hydrogens is 476 g/mol. The van der Waals surface area contributed by atoms with Crippen LogP contribution < -0.4 is 32.3 Å². The van der Waals surface area contributed by atoms with Crippen molar-refractivity contribution in [2.24, 2.45) is 5.73 Å². The number of ether oxygens (including phenoxy) is 2. The topological polar surface area (TPSA) is 207 Å². The Morgan fingerprint density at radius 2 is 1.22 bits per heavy atom. The highest BCUT2D eigenvalue weighted by Crippen LogP contribution is 2.07. The van der Waals surface area contributed by atoms with Gasteiger partial charge in [0.15, 0.2) is 0 Å². The molecule has 0 heterocycles. The molecule has 0 saturated heterocycles. The van der Waals surface area contributed by atoms with Crippen molar-refractivity contribution in [2.45, 2.75) is 78.0 Å². The standard InChI is InChI=1S/C22H40N6O8/c1-21(2,3)35-19(33)24-10-8-7-9-14(18(32)26-11-15(23)29)28-17(31)13-25-16(30)12-27-20(34)36-22(4,5)6/h14H,7-13H2,1-6H3,(H2,23,29)(H,24,33)(H,25,30)(H,26,32)(H,27,34)(H,28,31). The third-order valence-electron chi connectivity index (χ3n) is 3.91. The summed E-state index contributed by atoms with van der Waals surface area (Å²) in [6.45, 7) is 9.26. The van der Waals surface area contributed by atoms with Crippen LogP contribution in [0.15, 0.2) is 0 Å². The minimum Gasteiger partial charge on any atom is -0.444 e. The van der Waals surface area contributed by atoms with Crippen molar-refractivity contribution in [1.82, 2.24) is 26.6 Å². The Labute approximate surface area is 211 Å². The van der Waals surface area contributed by atoms with Crippen LogP contribution >= 0.6 is 0 Å². The number of unbranched alkanes of at least 4 members (excludes halogenated alkanes) is 1. The first-order valence-electron chi connectivity index (χ1n) is 11.5. The molecule has 7 N–H and O–H groups in total. The maximum absolute atomic E-state index is 12.4.